The Bertz CT molecular complexity index is 827. The summed E-state index contributed by atoms with van der Waals surface area (Å²) in [6, 6.07) is 9.37. The van der Waals surface area contributed by atoms with Gasteiger partial charge in [0.15, 0.2) is 6.61 Å². The van der Waals surface area contributed by atoms with Gasteiger partial charge in [-0.05, 0) is 36.2 Å². The Labute approximate surface area is 144 Å². The lowest BCUT2D eigenvalue weighted by molar-refractivity contribution is -0.0230. The average molecular weight is 344 g/mol. The molecule has 0 aliphatic carbocycles. The van der Waals surface area contributed by atoms with Crippen LogP contribution in [0.1, 0.15) is 19.4 Å². The number of benzene rings is 1. The summed E-state index contributed by atoms with van der Waals surface area (Å²) >= 11 is 0. The highest BCUT2D eigenvalue weighted by atomic mass is 19.3. The number of rotatable bonds is 6. The molecule has 0 amide bonds. The maximum atomic E-state index is 12.8. The van der Waals surface area contributed by atoms with Crippen molar-refractivity contribution in [1.29, 1.82) is 0 Å². The van der Waals surface area contributed by atoms with Crippen molar-refractivity contribution in [2.24, 2.45) is 0 Å². The van der Waals surface area contributed by atoms with Crippen molar-refractivity contribution in [1.82, 2.24) is 19.7 Å². The SMILES string of the molecule is CCc1cc(-n2cncn2)ccc1-c1ccc(OCC(C)(F)F)cn1. The van der Waals surface area contributed by atoms with Crippen molar-refractivity contribution in [3.8, 4) is 22.7 Å². The number of aryl methyl sites for hydroxylation is 1. The highest BCUT2D eigenvalue weighted by Gasteiger charge is 2.22. The molecular formula is C18H18F2N4O. The van der Waals surface area contributed by atoms with Crippen molar-refractivity contribution >= 4 is 0 Å². The van der Waals surface area contributed by atoms with Crippen LogP contribution in [0.3, 0.4) is 0 Å². The monoisotopic (exact) mass is 344 g/mol. The van der Waals surface area contributed by atoms with E-state index >= 15 is 0 Å². The van der Waals surface area contributed by atoms with Crippen molar-refractivity contribution in [2.75, 3.05) is 6.61 Å². The fraction of sp³-hybridized carbons (Fsp3) is 0.278. The summed E-state index contributed by atoms with van der Waals surface area (Å²) in [6.45, 7) is 2.21. The Morgan fingerprint density at radius 2 is 2.04 bits per heavy atom. The molecular weight excluding hydrogens is 326 g/mol. The summed E-state index contributed by atoms with van der Waals surface area (Å²) in [7, 11) is 0. The molecule has 25 heavy (non-hydrogen) atoms. The van der Waals surface area contributed by atoms with Gasteiger partial charge in [0.2, 0.25) is 0 Å². The number of pyridine rings is 1. The topological polar surface area (TPSA) is 52.8 Å². The predicted molar refractivity (Wildman–Crippen MR) is 90.1 cm³/mol. The van der Waals surface area contributed by atoms with Crippen LogP contribution >= 0.6 is 0 Å². The van der Waals surface area contributed by atoms with E-state index in [1.54, 1.807) is 23.1 Å². The van der Waals surface area contributed by atoms with E-state index in [4.69, 9.17) is 4.74 Å². The Morgan fingerprint density at radius 1 is 1.20 bits per heavy atom. The molecule has 0 saturated heterocycles. The molecule has 0 bridgehead atoms. The van der Waals surface area contributed by atoms with Gasteiger partial charge >= 0.3 is 0 Å². The molecule has 7 heteroatoms. The first-order chi connectivity index (χ1) is 12.0. The molecule has 2 aromatic heterocycles. The quantitative estimate of drug-likeness (QED) is 0.680. The third-order valence-corrected chi connectivity index (χ3v) is 3.66. The van der Waals surface area contributed by atoms with Gasteiger partial charge in [-0.2, -0.15) is 5.10 Å². The van der Waals surface area contributed by atoms with Gasteiger partial charge in [-0.3, -0.25) is 4.98 Å². The smallest absolute Gasteiger partial charge is 0.278 e. The van der Waals surface area contributed by atoms with Gasteiger partial charge < -0.3 is 4.74 Å². The van der Waals surface area contributed by atoms with Gasteiger partial charge in [0.05, 0.1) is 17.6 Å². The molecule has 5 nitrogen and oxygen atoms in total. The Kier molecular flexibility index (Phi) is 4.74. The first-order valence-corrected chi connectivity index (χ1v) is 7.91. The predicted octanol–water partition coefficient (Wildman–Crippen LogP) is 3.93. The van der Waals surface area contributed by atoms with E-state index in [2.05, 4.69) is 22.0 Å². The standard InChI is InChI=1S/C18H18F2N4O/c1-3-13-8-14(24-12-21-11-23-24)4-6-16(13)17-7-5-15(9-22-17)25-10-18(2,19)20/h4-9,11-12H,3,10H2,1-2H3. The number of hydrogen-bond donors (Lipinski definition) is 0. The Hall–Kier alpha value is -2.83. The highest BCUT2D eigenvalue weighted by molar-refractivity contribution is 5.66. The zero-order valence-electron chi connectivity index (χ0n) is 14.0. The summed E-state index contributed by atoms with van der Waals surface area (Å²) in [5, 5.41) is 4.13. The molecule has 0 N–H and O–H groups in total. The summed E-state index contributed by atoms with van der Waals surface area (Å²) in [4.78, 5) is 8.30. The lowest BCUT2D eigenvalue weighted by atomic mass is 10.0. The molecule has 130 valence electrons. The van der Waals surface area contributed by atoms with E-state index in [0.29, 0.717) is 5.75 Å². The molecule has 0 radical (unpaired) electrons. The fourth-order valence-electron chi connectivity index (χ4n) is 2.44. The van der Waals surface area contributed by atoms with E-state index in [-0.39, 0.29) is 0 Å². The van der Waals surface area contributed by atoms with Crippen molar-refractivity contribution in [2.45, 2.75) is 26.2 Å². The van der Waals surface area contributed by atoms with Crippen molar-refractivity contribution in [3.05, 3.63) is 54.7 Å². The van der Waals surface area contributed by atoms with E-state index in [1.165, 1.54) is 12.5 Å². The van der Waals surface area contributed by atoms with Crippen molar-refractivity contribution in [3.63, 3.8) is 0 Å². The van der Waals surface area contributed by atoms with Crippen LogP contribution in [-0.2, 0) is 6.42 Å². The van der Waals surface area contributed by atoms with Crippen LogP contribution in [0, 0.1) is 0 Å². The van der Waals surface area contributed by atoms with Crippen LogP contribution in [-0.4, -0.2) is 32.3 Å². The van der Waals surface area contributed by atoms with Crippen LogP contribution in [0.2, 0.25) is 0 Å². The molecule has 1 aromatic carbocycles. The van der Waals surface area contributed by atoms with Crippen molar-refractivity contribution < 1.29 is 13.5 Å². The lowest BCUT2D eigenvalue weighted by Gasteiger charge is -2.13. The first-order valence-electron chi connectivity index (χ1n) is 7.91. The minimum Gasteiger partial charge on any atom is -0.486 e. The van der Waals surface area contributed by atoms with E-state index in [9.17, 15) is 8.78 Å². The van der Waals surface area contributed by atoms with Crippen LogP contribution in [0.5, 0.6) is 5.75 Å². The molecule has 2 heterocycles. The van der Waals surface area contributed by atoms with Crippen LogP contribution in [0.15, 0.2) is 49.2 Å². The largest absolute Gasteiger partial charge is 0.486 e. The number of hydrogen-bond acceptors (Lipinski definition) is 4. The lowest BCUT2D eigenvalue weighted by Crippen LogP contribution is -2.20. The van der Waals surface area contributed by atoms with Gasteiger partial charge in [0.25, 0.3) is 5.92 Å². The number of ether oxygens (including phenoxy) is 1. The Balaban J connectivity index is 1.83. The second kappa shape index (κ2) is 6.96. The van der Waals surface area contributed by atoms with Gasteiger partial charge in [-0.25, -0.2) is 18.4 Å². The molecule has 0 aliphatic heterocycles. The second-order valence-electron chi connectivity index (χ2n) is 5.77. The molecule has 0 spiro atoms. The van der Waals surface area contributed by atoms with Crippen LogP contribution in [0.4, 0.5) is 8.78 Å². The second-order valence-corrected chi connectivity index (χ2v) is 5.77. The minimum absolute atomic E-state index is 0.322. The molecule has 0 unspecified atom stereocenters. The fourth-order valence-corrected chi connectivity index (χ4v) is 2.44. The van der Waals surface area contributed by atoms with Crippen LogP contribution in [0.25, 0.3) is 16.9 Å². The Morgan fingerprint density at radius 3 is 2.64 bits per heavy atom. The molecule has 0 aliphatic rings. The molecule has 0 saturated carbocycles. The van der Waals surface area contributed by atoms with Gasteiger partial charge in [0, 0.05) is 12.5 Å². The summed E-state index contributed by atoms with van der Waals surface area (Å²) in [5.41, 5.74) is 3.77. The maximum Gasteiger partial charge on any atom is 0.278 e. The number of nitrogens with zero attached hydrogens (tertiary/aromatic N) is 4. The zero-order valence-corrected chi connectivity index (χ0v) is 14.0. The third-order valence-electron chi connectivity index (χ3n) is 3.66. The molecule has 0 fully saturated rings. The van der Waals surface area contributed by atoms with Gasteiger partial charge in [-0.1, -0.05) is 13.0 Å². The number of alkyl halides is 2. The summed E-state index contributed by atoms with van der Waals surface area (Å²) in [6.07, 6.45) is 5.41. The van der Waals surface area contributed by atoms with E-state index in [1.807, 2.05) is 18.2 Å². The number of aromatic nitrogens is 4. The maximum absolute atomic E-state index is 12.8. The summed E-state index contributed by atoms with van der Waals surface area (Å²) < 4.78 is 32.4. The molecule has 3 aromatic rings. The summed E-state index contributed by atoms with van der Waals surface area (Å²) in [5.74, 6) is -2.55. The van der Waals surface area contributed by atoms with Gasteiger partial charge in [-0.15, -0.1) is 0 Å². The van der Waals surface area contributed by atoms with E-state index in [0.717, 1.165) is 35.9 Å². The third kappa shape index (κ3) is 4.17. The van der Waals surface area contributed by atoms with E-state index < -0.39 is 12.5 Å². The minimum atomic E-state index is -2.87. The zero-order chi connectivity index (χ0) is 17.9. The highest BCUT2D eigenvalue weighted by Crippen LogP contribution is 2.26. The van der Waals surface area contributed by atoms with Gasteiger partial charge in [0.1, 0.15) is 18.4 Å². The molecule has 3 rings (SSSR count). The number of halogens is 2. The first kappa shape index (κ1) is 17.0. The molecule has 0 atom stereocenters. The van der Waals surface area contributed by atoms with Crippen LogP contribution < -0.4 is 4.74 Å². The normalized spacial score (nSPS) is 11.5. The average Bonchev–Trinajstić information content (AvgIpc) is 3.14.